The first-order valence-electron chi connectivity index (χ1n) is 39.9. The number of hydrogen-bond acceptors (Lipinski definition) is 20. The molecule has 112 heavy (non-hydrogen) atoms. The lowest BCUT2D eigenvalue weighted by atomic mass is 9.83. The highest BCUT2D eigenvalue weighted by atomic mass is 32.1. The zero-order chi connectivity index (χ0) is 84.0. The lowest BCUT2D eigenvalue weighted by Gasteiger charge is -2.41. The van der Waals surface area contributed by atoms with E-state index in [2.05, 4.69) is 36.9 Å². The van der Waals surface area contributed by atoms with E-state index in [1.54, 1.807) is 63.4 Å². The van der Waals surface area contributed by atoms with Crippen molar-refractivity contribution in [3.63, 3.8) is 0 Å². The number of alkyl carbamates (subject to hydrolysis) is 1. The zero-order valence-electron chi connectivity index (χ0n) is 69.8. The Morgan fingerprint density at radius 3 is 1.94 bits per heavy atom. The number of carbonyl (C=O) groups is 12. The van der Waals surface area contributed by atoms with Crippen LogP contribution in [0.4, 0.5) is 15.3 Å². The Balaban J connectivity index is 1.38. The van der Waals surface area contributed by atoms with E-state index in [9.17, 15) is 62.6 Å². The van der Waals surface area contributed by atoms with Gasteiger partial charge < -0.3 is 72.5 Å². The van der Waals surface area contributed by atoms with Gasteiger partial charge in [0.2, 0.25) is 29.5 Å². The number of thiazole rings is 1. The van der Waals surface area contributed by atoms with Crippen LogP contribution in [0.3, 0.4) is 0 Å². The molecule has 28 heteroatoms. The molecule has 8 amide bonds. The summed E-state index contributed by atoms with van der Waals surface area (Å²) in [5.74, 6) is -7.73. The quantitative estimate of drug-likeness (QED) is 0.0237. The van der Waals surface area contributed by atoms with E-state index in [1.807, 2.05) is 117 Å². The summed E-state index contributed by atoms with van der Waals surface area (Å²) in [7, 11) is 4.78. The van der Waals surface area contributed by atoms with Crippen molar-refractivity contribution in [3.05, 3.63) is 82.3 Å². The van der Waals surface area contributed by atoms with Crippen LogP contribution in [0.1, 0.15) is 222 Å². The Labute approximate surface area is 668 Å². The van der Waals surface area contributed by atoms with Crippen molar-refractivity contribution < 1.29 is 76.9 Å². The van der Waals surface area contributed by atoms with Gasteiger partial charge >= 0.3 is 12.1 Å². The summed E-state index contributed by atoms with van der Waals surface area (Å²) in [5.41, 5.74) is 10.7. The minimum atomic E-state index is -1.50. The number of ether oxygens (including phenoxy) is 3. The summed E-state index contributed by atoms with van der Waals surface area (Å²) in [6, 6.07) is 11.8. The van der Waals surface area contributed by atoms with Gasteiger partial charge in [0.05, 0.1) is 66.0 Å². The summed E-state index contributed by atoms with van der Waals surface area (Å²) in [4.78, 5) is 173. The predicted molar refractivity (Wildman–Crippen MR) is 433 cm³/mol. The largest absolute Gasteiger partial charge is 0.445 e. The fraction of sp³-hybridized carbons (Fsp3) is 0.679. The number of aliphatic hydroxyl groups is 1. The van der Waals surface area contributed by atoms with Gasteiger partial charge in [-0.25, -0.2) is 14.6 Å². The van der Waals surface area contributed by atoms with Gasteiger partial charge in [0.25, 0.3) is 0 Å². The molecule has 1 aliphatic heterocycles. The molecule has 0 radical (unpaired) electrons. The maximum atomic E-state index is 14.9. The number of aliphatic hydroxyl groups excluding tert-OH is 1. The fourth-order valence-electron chi connectivity index (χ4n) is 14.5. The number of ketones is 5. The number of carbonyl (C=O) groups excluding carboxylic acids is 12. The molecule has 3 aromatic rings. The molecule has 1 saturated heterocycles. The molecule has 0 spiro atoms. The van der Waals surface area contributed by atoms with Gasteiger partial charge in [0.1, 0.15) is 12.4 Å². The summed E-state index contributed by atoms with van der Waals surface area (Å²) in [5, 5.41) is 29.6. The van der Waals surface area contributed by atoms with E-state index < -0.39 is 125 Å². The molecule has 1 aromatic heterocycles. The number of methoxy groups -OCH3 is 2. The number of likely N-dealkylation sites (N-methyl/N-ethyl adjacent to an activating group) is 1. The Hall–Kier alpha value is -7.89. The van der Waals surface area contributed by atoms with Gasteiger partial charge in [-0.15, -0.1) is 11.3 Å². The van der Waals surface area contributed by atoms with Crippen LogP contribution in [0.5, 0.6) is 0 Å². The van der Waals surface area contributed by atoms with Crippen LogP contribution in [0.25, 0.3) is 0 Å². The number of aromatic nitrogens is 1. The van der Waals surface area contributed by atoms with Crippen LogP contribution >= 0.6 is 11.3 Å². The maximum absolute atomic E-state index is 14.9. The van der Waals surface area contributed by atoms with E-state index in [0.717, 1.165) is 17.0 Å². The zero-order valence-corrected chi connectivity index (χ0v) is 70.7. The monoisotopic (exact) mass is 1580 g/mol. The molecule has 13 atom stereocenters. The summed E-state index contributed by atoms with van der Waals surface area (Å²) < 4.78 is 17.9. The number of unbranched alkanes of at least 4 members (excludes halogenated alkanes) is 1. The van der Waals surface area contributed by atoms with Crippen LogP contribution < -0.4 is 43.4 Å². The highest BCUT2D eigenvalue weighted by Crippen LogP contribution is 2.35. The molecule has 27 nitrogen and oxygen atoms in total. The van der Waals surface area contributed by atoms with Crippen LogP contribution in [-0.4, -0.2) is 191 Å². The van der Waals surface area contributed by atoms with Gasteiger partial charge in [-0.05, 0) is 127 Å². The number of likely N-dealkylation sites (tertiary alicyclic amines) is 1. The summed E-state index contributed by atoms with van der Waals surface area (Å²) in [6.07, 6.45) is 3.24. The normalized spacial score (nSPS) is 16.6. The fourth-order valence-corrected chi connectivity index (χ4v) is 15.2. The lowest BCUT2D eigenvalue weighted by molar-refractivity contribution is -0.149. The van der Waals surface area contributed by atoms with Crippen molar-refractivity contribution in [2.24, 2.45) is 58.3 Å². The van der Waals surface area contributed by atoms with Crippen LogP contribution in [-0.2, 0) is 75.2 Å². The number of benzene rings is 2. The second kappa shape index (κ2) is 46.5. The molecule has 1 fully saturated rings. The second-order valence-corrected chi connectivity index (χ2v) is 34.6. The van der Waals surface area contributed by atoms with E-state index in [4.69, 9.17) is 25.7 Å². The topological polar surface area (TPSA) is 396 Å². The third-order valence-corrected chi connectivity index (χ3v) is 22.3. The van der Waals surface area contributed by atoms with Crippen molar-refractivity contribution in [1.29, 1.82) is 0 Å². The van der Waals surface area contributed by atoms with Crippen molar-refractivity contribution >= 4 is 87.6 Å². The highest BCUT2D eigenvalue weighted by Gasteiger charge is 2.45. The van der Waals surface area contributed by atoms with Crippen LogP contribution in [0.2, 0.25) is 0 Å². The molecule has 0 saturated carbocycles. The number of urea groups is 1. The number of nitrogens with zero attached hydrogens (tertiary/aromatic N) is 3. The van der Waals surface area contributed by atoms with E-state index in [0.29, 0.717) is 56.3 Å². The third-order valence-electron chi connectivity index (χ3n) is 21.4. The number of Topliss-reactive ketones (excluding diaryl/α,β-unsaturated/α-hetero) is 5. The SMILES string of the molecule is CC[C@H](C)[C@@H]([C@@H](CC(=O)N1CCC[C@H]1[C@H](OC)[C@@H](C)C(=O)C[C@@H](Cc1ccccc1)c1nccs1)OC)N(C)C(=O)[C@@H](CC(=O)C(C)(C)NC(=O)OCc1ccc(NC(=O)[C@H](CCCNC(N)=O)CC(=O)[C@@H](NC(=O)[C@H](CCCCNC(=O)CC[C@@H](NC(C)(C)C)C(=O)C(C)(C)C)CC(=O)[C@H](N)CO)C(C)C)cc1)C(C)C. The number of anilines is 1. The molecular formula is C84H133N11O16S. The van der Waals surface area contributed by atoms with E-state index in [-0.39, 0.29) is 136 Å². The molecule has 0 bridgehead atoms. The molecule has 0 aliphatic carbocycles. The molecule has 11 N–H and O–H groups in total. The Morgan fingerprint density at radius 1 is 0.732 bits per heavy atom. The lowest BCUT2D eigenvalue weighted by Crippen LogP contribution is -2.55. The molecule has 2 heterocycles. The van der Waals surface area contributed by atoms with Crippen molar-refractivity contribution in [3.8, 4) is 0 Å². The molecule has 626 valence electrons. The Bertz CT molecular complexity index is 3530. The maximum Gasteiger partial charge on any atom is 0.408 e. The number of hydrogen-bond donors (Lipinski definition) is 9. The number of amides is 8. The number of nitrogens with one attached hydrogen (secondary N) is 6. The number of rotatable bonds is 50. The highest BCUT2D eigenvalue weighted by molar-refractivity contribution is 7.09. The van der Waals surface area contributed by atoms with Gasteiger partial charge in [0.15, 0.2) is 23.1 Å². The number of primary amides is 1. The van der Waals surface area contributed by atoms with E-state index in [1.165, 1.54) is 32.3 Å². The molecular weight excluding hydrogens is 1450 g/mol. The minimum absolute atomic E-state index is 0.000149. The first-order chi connectivity index (χ1) is 52.6. The standard InChI is InChI=1S/C84H133N11O16S/c1-19-53(6)73(68(109-17)48-71(102)95-41-26-31-64(95)74(110-18)54(7)65(97)46-59(78-88-40-42-112-78)43-55-27-21-20-22-28-55)94(16)79(106)61(51(2)3)47-69(100)84(14,15)93-81(108)111-50-56-32-34-60(35-33-56)90-76(104)58(30-25-39-89-80(86)107)45-67(99)72(52(4)5)91-77(105)57(44-66(98)62(85)49-96)29-23-24-38-87-70(101)37-36-63(92-83(11,12)13)75(103)82(8,9)10/h20-22,27-28,32-35,40,42,51-54,57-59,61-64,68,72-74,92,96H,19,23-26,29-31,36-39,41,43-50,85H2,1-18H3,(H,87,101)(H,90,104)(H,91,105)(H,93,108)(H3,86,89,107)/t53-,54-,57+,58+,59+,61-,62+,63+,64-,68+,72-,73-,74+/m0/s1. The third kappa shape index (κ3) is 31.5. The average Bonchev–Trinajstić information content (AvgIpc) is 1.34. The first-order valence-corrected chi connectivity index (χ1v) is 40.8. The molecule has 0 unspecified atom stereocenters. The summed E-state index contributed by atoms with van der Waals surface area (Å²) in [6.45, 7) is 27.4. The van der Waals surface area contributed by atoms with Crippen molar-refractivity contribution in [2.45, 2.75) is 273 Å². The minimum Gasteiger partial charge on any atom is -0.445 e. The smallest absolute Gasteiger partial charge is 0.408 e. The first kappa shape index (κ1) is 96.5. The van der Waals surface area contributed by atoms with Gasteiger partial charge in [-0.3, -0.25) is 47.9 Å². The van der Waals surface area contributed by atoms with Gasteiger partial charge in [0, 0.05) is 131 Å². The average molecular weight is 1590 g/mol. The molecule has 2 aromatic carbocycles. The Morgan fingerprint density at radius 2 is 1.37 bits per heavy atom. The van der Waals surface area contributed by atoms with Crippen LogP contribution in [0.15, 0.2) is 66.2 Å². The second-order valence-electron chi connectivity index (χ2n) is 33.6. The number of nitrogens with two attached hydrogens (primary N) is 2. The van der Waals surface area contributed by atoms with Crippen molar-refractivity contribution in [2.75, 3.05) is 52.8 Å². The van der Waals surface area contributed by atoms with Crippen molar-refractivity contribution in [1.82, 2.24) is 41.4 Å². The molecule has 1 aliphatic rings. The molecule has 4 rings (SSSR count). The van der Waals surface area contributed by atoms with Crippen LogP contribution in [0, 0.1) is 46.8 Å². The van der Waals surface area contributed by atoms with E-state index >= 15 is 0 Å². The predicted octanol–water partition coefficient (Wildman–Crippen LogP) is 9.72. The Kier molecular flexibility index (Phi) is 40.0. The van der Waals surface area contributed by atoms with Gasteiger partial charge in [-0.1, -0.05) is 125 Å². The van der Waals surface area contributed by atoms with Gasteiger partial charge in [-0.2, -0.15) is 0 Å². The summed E-state index contributed by atoms with van der Waals surface area (Å²) >= 11 is 1.53.